The topological polar surface area (TPSA) is 99.4 Å². The number of hydrogen-bond acceptors (Lipinski definition) is 6. The quantitative estimate of drug-likeness (QED) is 0.396. The molecule has 38 heavy (non-hydrogen) atoms. The Bertz CT molecular complexity index is 1150. The van der Waals surface area contributed by atoms with Crippen LogP contribution in [0.5, 0.6) is 0 Å². The van der Waals surface area contributed by atoms with Crippen molar-refractivity contribution in [2.24, 2.45) is 33.6 Å². The van der Waals surface area contributed by atoms with E-state index >= 15 is 0 Å². The van der Waals surface area contributed by atoms with Crippen molar-refractivity contribution in [2.75, 3.05) is 13.2 Å². The summed E-state index contributed by atoms with van der Waals surface area (Å²) in [5.41, 5.74) is -0.865. The normalized spacial score (nSPS) is 44.3. The van der Waals surface area contributed by atoms with Crippen molar-refractivity contribution in [1.82, 2.24) is 0 Å². The summed E-state index contributed by atoms with van der Waals surface area (Å²) in [4.78, 5) is 16.7. The number of aliphatic hydroxyl groups excluding tert-OH is 1. The minimum absolute atomic E-state index is 0.0175. The van der Waals surface area contributed by atoms with Crippen molar-refractivity contribution in [3.05, 3.63) is 47.3 Å². The first-order chi connectivity index (χ1) is 18.1. The van der Waals surface area contributed by atoms with Gasteiger partial charge in [0.25, 0.3) is 0 Å². The molecule has 0 bridgehead atoms. The van der Waals surface area contributed by atoms with Crippen LogP contribution in [0.2, 0.25) is 0 Å². The molecule has 4 aliphatic carbocycles. The number of rotatable bonds is 5. The first-order valence-electron chi connectivity index (χ1n) is 14.4. The molecule has 8 atom stereocenters. The van der Waals surface area contributed by atoms with Crippen LogP contribution in [-0.2, 0) is 16.0 Å². The van der Waals surface area contributed by atoms with Crippen LogP contribution in [0.4, 0.5) is 4.39 Å². The number of carbonyl (C=O) groups is 1. The van der Waals surface area contributed by atoms with Crippen molar-refractivity contribution in [1.29, 1.82) is 0 Å². The molecule has 4 fully saturated rings. The van der Waals surface area contributed by atoms with Gasteiger partial charge in [0, 0.05) is 36.1 Å². The number of cyclic esters (lactones) is 1. The van der Waals surface area contributed by atoms with Gasteiger partial charge < -0.3 is 20.1 Å². The predicted molar refractivity (Wildman–Crippen MR) is 141 cm³/mol. The molecule has 0 radical (unpaired) electrons. The van der Waals surface area contributed by atoms with Crippen molar-refractivity contribution in [3.8, 4) is 0 Å². The van der Waals surface area contributed by atoms with Crippen LogP contribution < -0.4 is 0 Å². The number of aliphatic imine (C=N–C) groups is 1. The Balaban J connectivity index is 1.30. The number of esters is 1. The van der Waals surface area contributed by atoms with Crippen LogP contribution in [0.1, 0.15) is 70.3 Å². The Hall–Kier alpha value is -2.09. The van der Waals surface area contributed by atoms with Crippen LogP contribution in [0, 0.1) is 34.4 Å². The summed E-state index contributed by atoms with van der Waals surface area (Å²) < 4.78 is 18.5. The standard InChI is InChI=1S/C31H40FNO5/c1-28-11-7-25-26(31(28,37)14-9-24(28)21-16-27(35)38-18-21)8-13-30(36)17-23(34)6-12-29(25,30)19-33-15-10-20-2-4-22(32)5-3-20/h2-5,16,19,23-26,34,36-37H,6-15,17-18H2,1H3/t23-,24+,25-,26+,28+,29-,30-,31-/m0/s1. The fourth-order valence-corrected chi connectivity index (χ4v) is 9.43. The summed E-state index contributed by atoms with van der Waals surface area (Å²) in [6, 6.07) is 6.48. The van der Waals surface area contributed by atoms with E-state index in [1.54, 1.807) is 18.2 Å². The molecule has 206 valence electrons. The lowest BCUT2D eigenvalue weighted by molar-refractivity contribution is -0.237. The van der Waals surface area contributed by atoms with Crippen LogP contribution in [0.3, 0.4) is 0 Å². The Morgan fingerprint density at radius 3 is 2.55 bits per heavy atom. The zero-order chi connectivity index (χ0) is 26.8. The van der Waals surface area contributed by atoms with Gasteiger partial charge in [0.1, 0.15) is 12.4 Å². The van der Waals surface area contributed by atoms with E-state index in [1.807, 2.05) is 6.21 Å². The average Bonchev–Trinajstić information content (AvgIpc) is 3.42. The molecule has 4 saturated carbocycles. The summed E-state index contributed by atoms with van der Waals surface area (Å²) in [5, 5.41) is 35.1. The van der Waals surface area contributed by atoms with Gasteiger partial charge in [0.05, 0.1) is 17.3 Å². The fourth-order valence-electron chi connectivity index (χ4n) is 9.43. The molecule has 7 heteroatoms. The summed E-state index contributed by atoms with van der Waals surface area (Å²) in [6.07, 6.45) is 9.80. The zero-order valence-corrected chi connectivity index (χ0v) is 22.2. The van der Waals surface area contributed by atoms with Gasteiger partial charge in [-0.05, 0) is 98.8 Å². The molecular weight excluding hydrogens is 485 g/mol. The molecule has 0 spiro atoms. The summed E-state index contributed by atoms with van der Waals surface area (Å²) in [7, 11) is 0. The molecule has 1 heterocycles. The van der Waals surface area contributed by atoms with Crippen molar-refractivity contribution < 1.29 is 29.2 Å². The number of carbonyl (C=O) groups excluding carboxylic acids is 1. The highest BCUT2D eigenvalue weighted by molar-refractivity contribution is 5.85. The molecule has 0 unspecified atom stereocenters. The molecule has 0 saturated heterocycles. The summed E-state index contributed by atoms with van der Waals surface area (Å²) in [6.45, 7) is 3.06. The molecule has 6 rings (SSSR count). The second kappa shape index (κ2) is 9.24. The SMILES string of the molecule is C[C@]12CC[C@H]3[C@@H](CC[C@]4(O)C[C@@H](O)CC[C@]34C=NCCc3ccc(F)cc3)[C@@]1(O)CC[C@@H]2C1=CC(=O)OC1. The first kappa shape index (κ1) is 26.1. The van der Waals surface area contributed by atoms with E-state index in [-0.39, 0.29) is 35.0 Å². The molecular formula is C31H40FNO5. The summed E-state index contributed by atoms with van der Waals surface area (Å²) >= 11 is 0. The number of halogens is 1. The Morgan fingerprint density at radius 1 is 1.05 bits per heavy atom. The lowest BCUT2D eigenvalue weighted by atomic mass is 9.41. The largest absolute Gasteiger partial charge is 0.458 e. The molecule has 6 nitrogen and oxygen atoms in total. The highest BCUT2D eigenvalue weighted by Crippen LogP contribution is 2.70. The number of fused-ring (bicyclic) bond motifs is 5. The fraction of sp³-hybridized carbons (Fsp3) is 0.677. The molecule has 1 aromatic carbocycles. The van der Waals surface area contributed by atoms with E-state index in [0.717, 1.165) is 30.4 Å². The van der Waals surface area contributed by atoms with Crippen LogP contribution in [0.25, 0.3) is 0 Å². The average molecular weight is 526 g/mol. The van der Waals surface area contributed by atoms with Gasteiger partial charge in [-0.2, -0.15) is 0 Å². The van der Waals surface area contributed by atoms with Gasteiger partial charge in [-0.25, -0.2) is 9.18 Å². The Labute approximate surface area is 224 Å². The van der Waals surface area contributed by atoms with Gasteiger partial charge in [0.2, 0.25) is 0 Å². The molecule has 1 aromatic rings. The molecule has 3 N–H and O–H groups in total. The maximum Gasteiger partial charge on any atom is 0.331 e. The number of hydrogen-bond donors (Lipinski definition) is 3. The number of benzene rings is 1. The van der Waals surface area contributed by atoms with E-state index in [1.165, 1.54) is 12.1 Å². The van der Waals surface area contributed by atoms with Gasteiger partial charge in [-0.1, -0.05) is 19.1 Å². The highest BCUT2D eigenvalue weighted by Gasteiger charge is 2.71. The van der Waals surface area contributed by atoms with E-state index in [0.29, 0.717) is 58.1 Å². The third-order valence-corrected chi connectivity index (χ3v) is 11.4. The number of aliphatic hydroxyl groups is 3. The highest BCUT2D eigenvalue weighted by atomic mass is 19.1. The van der Waals surface area contributed by atoms with E-state index < -0.39 is 22.7 Å². The number of nitrogens with zero attached hydrogens (tertiary/aromatic N) is 1. The van der Waals surface area contributed by atoms with E-state index in [4.69, 9.17) is 9.73 Å². The lowest BCUT2D eigenvalue weighted by Crippen LogP contribution is -2.68. The molecule has 0 amide bonds. The summed E-state index contributed by atoms with van der Waals surface area (Å²) in [5.74, 6) is -0.337. The second-order valence-corrected chi connectivity index (χ2v) is 12.9. The van der Waals surface area contributed by atoms with Gasteiger partial charge >= 0.3 is 5.97 Å². The minimum atomic E-state index is -1.05. The van der Waals surface area contributed by atoms with Crippen LogP contribution in [0.15, 0.2) is 40.9 Å². The van der Waals surface area contributed by atoms with Crippen molar-refractivity contribution >= 4 is 12.2 Å². The minimum Gasteiger partial charge on any atom is -0.458 e. The third-order valence-electron chi connectivity index (χ3n) is 11.4. The van der Waals surface area contributed by atoms with Gasteiger partial charge in [-0.3, -0.25) is 4.99 Å². The predicted octanol–water partition coefficient (Wildman–Crippen LogP) is 4.15. The Morgan fingerprint density at radius 2 is 1.82 bits per heavy atom. The molecule has 0 aromatic heterocycles. The maximum absolute atomic E-state index is 13.3. The van der Waals surface area contributed by atoms with Crippen LogP contribution >= 0.6 is 0 Å². The monoisotopic (exact) mass is 525 g/mol. The maximum atomic E-state index is 13.3. The third kappa shape index (κ3) is 3.83. The van der Waals surface area contributed by atoms with Crippen molar-refractivity contribution in [2.45, 2.75) is 88.4 Å². The lowest BCUT2D eigenvalue weighted by Gasteiger charge is -2.65. The number of ether oxygens (including phenoxy) is 1. The van der Waals surface area contributed by atoms with Gasteiger partial charge in [-0.15, -0.1) is 0 Å². The molecule has 5 aliphatic rings. The van der Waals surface area contributed by atoms with Crippen molar-refractivity contribution in [3.63, 3.8) is 0 Å². The smallest absolute Gasteiger partial charge is 0.331 e. The zero-order valence-electron chi connectivity index (χ0n) is 22.2. The Kier molecular flexibility index (Phi) is 6.36. The molecule has 1 aliphatic heterocycles. The van der Waals surface area contributed by atoms with Crippen LogP contribution in [-0.4, -0.2) is 58.0 Å². The van der Waals surface area contributed by atoms with Gasteiger partial charge in [0.15, 0.2) is 0 Å². The second-order valence-electron chi connectivity index (χ2n) is 12.9. The first-order valence-corrected chi connectivity index (χ1v) is 14.4. The van der Waals surface area contributed by atoms with E-state index in [2.05, 4.69) is 6.92 Å². The van der Waals surface area contributed by atoms with E-state index in [9.17, 15) is 24.5 Å².